The third-order valence-electron chi connectivity index (χ3n) is 1.76. The van der Waals surface area contributed by atoms with Crippen LogP contribution in [0.25, 0.3) is 0 Å². The normalized spacial score (nSPS) is 15.9. The van der Waals surface area contributed by atoms with E-state index in [0.717, 1.165) is 0 Å². The number of amides is 1. The summed E-state index contributed by atoms with van der Waals surface area (Å²) in [5.41, 5.74) is 0.509. The van der Waals surface area contributed by atoms with Crippen LogP contribution in [0.2, 0.25) is 0 Å². The minimum absolute atomic E-state index is 0.115. The van der Waals surface area contributed by atoms with Gasteiger partial charge in [-0.1, -0.05) is 0 Å². The number of rotatable bonds is 0. The van der Waals surface area contributed by atoms with E-state index in [1.165, 1.54) is 6.20 Å². The second kappa shape index (κ2) is 2.51. The summed E-state index contributed by atoms with van der Waals surface area (Å²) in [7, 11) is 1.75. The van der Waals surface area contributed by atoms with Crippen molar-refractivity contribution < 1.29 is 9.53 Å². The predicted molar refractivity (Wildman–Crippen MR) is 41.0 cm³/mol. The van der Waals surface area contributed by atoms with Gasteiger partial charge in [-0.3, -0.25) is 4.79 Å². The first kappa shape index (κ1) is 7.15. The highest BCUT2D eigenvalue weighted by molar-refractivity contribution is 5.96. The maximum atomic E-state index is 11.3. The fraction of sp³-hybridized carbons (Fsp3) is 0.429. The van der Waals surface area contributed by atoms with Crippen LogP contribution in [-0.2, 0) is 7.05 Å². The number of hydrogen-bond donors (Lipinski definition) is 1. The molecule has 0 atom stereocenters. The monoisotopic (exact) mass is 167 g/mol. The number of hydrogen-bond acceptors (Lipinski definition) is 3. The zero-order valence-corrected chi connectivity index (χ0v) is 6.70. The number of carbonyl (C=O) groups excluding carboxylic acids is 1. The molecular formula is C7H9N3O2. The van der Waals surface area contributed by atoms with Crippen molar-refractivity contribution in [2.45, 2.75) is 0 Å². The summed E-state index contributed by atoms with van der Waals surface area (Å²) in [5.74, 6) is 0.431. The van der Waals surface area contributed by atoms with Gasteiger partial charge in [0.05, 0.1) is 12.7 Å². The van der Waals surface area contributed by atoms with E-state index in [0.29, 0.717) is 24.6 Å². The molecule has 0 unspecified atom stereocenters. The summed E-state index contributed by atoms with van der Waals surface area (Å²) < 4.78 is 6.86. The lowest BCUT2D eigenvalue weighted by molar-refractivity contribution is 0.0957. The number of aryl methyl sites for hydroxylation is 1. The van der Waals surface area contributed by atoms with Crippen molar-refractivity contribution in [2.75, 3.05) is 13.2 Å². The molecule has 0 saturated heterocycles. The van der Waals surface area contributed by atoms with Crippen molar-refractivity contribution in [1.82, 2.24) is 15.1 Å². The molecular weight excluding hydrogens is 158 g/mol. The third kappa shape index (κ3) is 0.939. The standard InChI is InChI=1S/C7H9N3O2/c1-10-7-5(4-9-10)6(11)8-2-3-12-7/h4H,2-3H2,1H3,(H,8,11). The van der Waals surface area contributed by atoms with Crippen molar-refractivity contribution >= 4 is 5.91 Å². The SMILES string of the molecule is Cn1ncc2c1OCCNC2=O. The summed E-state index contributed by atoms with van der Waals surface area (Å²) in [6.07, 6.45) is 1.51. The Bertz CT molecular complexity index is 318. The summed E-state index contributed by atoms with van der Waals surface area (Å²) in [6.45, 7) is 1.05. The number of nitrogens with zero attached hydrogens (tertiary/aromatic N) is 2. The molecule has 2 heterocycles. The second-order valence-electron chi connectivity index (χ2n) is 2.59. The Hall–Kier alpha value is -1.52. The highest BCUT2D eigenvalue weighted by Crippen LogP contribution is 2.17. The Kier molecular flexibility index (Phi) is 1.49. The van der Waals surface area contributed by atoms with Crippen LogP contribution in [0.1, 0.15) is 10.4 Å². The second-order valence-corrected chi connectivity index (χ2v) is 2.59. The topological polar surface area (TPSA) is 56.1 Å². The minimum Gasteiger partial charge on any atom is -0.475 e. The largest absolute Gasteiger partial charge is 0.475 e. The molecule has 0 saturated carbocycles. The van der Waals surface area contributed by atoms with E-state index < -0.39 is 0 Å². The summed E-state index contributed by atoms with van der Waals surface area (Å²) in [4.78, 5) is 11.3. The van der Waals surface area contributed by atoms with Gasteiger partial charge in [-0.15, -0.1) is 0 Å². The molecule has 0 bridgehead atoms. The zero-order valence-electron chi connectivity index (χ0n) is 6.70. The summed E-state index contributed by atoms with van der Waals surface area (Å²) in [6, 6.07) is 0. The zero-order chi connectivity index (χ0) is 8.55. The molecule has 2 rings (SSSR count). The molecule has 1 aliphatic heterocycles. The average molecular weight is 167 g/mol. The molecule has 0 fully saturated rings. The van der Waals surface area contributed by atoms with Gasteiger partial charge >= 0.3 is 0 Å². The van der Waals surface area contributed by atoms with Crippen molar-refractivity contribution in [2.24, 2.45) is 7.05 Å². The Morgan fingerprint density at radius 3 is 3.42 bits per heavy atom. The Morgan fingerprint density at radius 1 is 1.75 bits per heavy atom. The number of fused-ring (bicyclic) bond motifs is 1. The predicted octanol–water partition coefficient (Wildman–Crippen LogP) is -0.458. The molecule has 12 heavy (non-hydrogen) atoms. The van der Waals surface area contributed by atoms with E-state index in [-0.39, 0.29) is 5.91 Å². The lowest BCUT2D eigenvalue weighted by atomic mass is 10.3. The van der Waals surface area contributed by atoms with Crippen molar-refractivity contribution in [3.8, 4) is 5.88 Å². The molecule has 5 nitrogen and oxygen atoms in total. The molecule has 0 spiro atoms. The van der Waals surface area contributed by atoms with Gasteiger partial charge in [-0.05, 0) is 0 Å². The van der Waals surface area contributed by atoms with Gasteiger partial charge in [0, 0.05) is 7.05 Å². The van der Waals surface area contributed by atoms with E-state index >= 15 is 0 Å². The van der Waals surface area contributed by atoms with Crippen LogP contribution < -0.4 is 10.1 Å². The molecule has 1 aromatic rings. The van der Waals surface area contributed by atoms with Crippen LogP contribution in [0.4, 0.5) is 0 Å². The van der Waals surface area contributed by atoms with Crippen molar-refractivity contribution in [3.05, 3.63) is 11.8 Å². The van der Waals surface area contributed by atoms with Gasteiger partial charge in [-0.25, -0.2) is 4.68 Å². The van der Waals surface area contributed by atoms with Crippen LogP contribution in [0, 0.1) is 0 Å². The van der Waals surface area contributed by atoms with Gasteiger partial charge < -0.3 is 10.1 Å². The quantitative estimate of drug-likeness (QED) is 0.569. The highest BCUT2D eigenvalue weighted by atomic mass is 16.5. The average Bonchev–Trinajstić information content (AvgIpc) is 2.30. The van der Waals surface area contributed by atoms with Gasteiger partial charge in [0.2, 0.25) is 5.88 Å². The van der Waals surface area contributed by atoms with E-state index in [1.54, 1.807) is 11.7 Å². The van der Waals surface area contributed by atoms with E-state index in [9.17, 15) is 4.79 Å². The molecule has 1 N–H and O–H groups in total. The van der Waals surface area contributed by atoms with E-state index in [1.807, 2.05) is 0 Å². The minimum atomic E-state index is -0.115. The smallest absolute Gasteiger partial charge is 0.258 e. The van der Waals surface area contributed by atoms with E-state index in [4.69, 9.17) is 4.74 Å². The first-order valence-electron chi connectivity index (χ1n) is 3.72. The molecule has 1 amide bonds. The van der Waals surface area contributed by atoms with Crippen molar-refractivity contribution in [1.29, 1.82) is 0 Å². The van der Waals surface area contributed by atoms with Gasteiger partial charge in [0.1, 0.15) is 12.2 Å². The summed E-state index contributed by atoms with van der Waals surface area (Å²) in [5, 5.41) is 6.62. The van der Waals surface area contributed by atoms with Crippen LogP contribution >= 0.6 is 0 Å². The first-order valence-corrected chi connectivity index (χ1v) is 3.72. The molecule has 0 aromatic carbocycles. The fourth-order valence-corrected chi connectivity index (χ4v) is 1.16. The van der Waals surface area contributed by atoms with Gasteiger partial charge in [0.25, 0.3) is 5.91 Å². The van der Waals surface area contributed by atoms with Crippen LogP contribution in [-0.4, -0.2) is 28.8 Å². The number of carbonyl (C=O) groups is 1. The molecule has 0 radical (unpaired) electrons. The first-order chi connectivity index (χ1) is 5.79. The maximum Gasteiger partial charge on any atom is 0.258 e. The lowest BCUT2D eigenvalue weighted by Gasteiger charge is -2.01. The fourth-order valence-electron chi connectivity index (χ4n) is 1.16. The lowest BCUT2D eigenvalue weighted by Crippen LogP contribution is -2.24. The molecule has 64 valence electrons. The highest BCUT2D eigenvalue weighted by Gasteiger charge is 2.19. The number of ether oxygens (including phenoxy) is 1. The summed E-state index contributed by atoms with van der Waals surface area (Å²) >= 11 is 0. The Balaban J connectivity index is 2.47. The third-order valence-corrected chi connectivity index (χ3v) is 1.76. The molecule has 0 aliphatic carbocycles. The number of nitrogens with one attached hydrogen (secondary N) is 1. The maximum absolute atomic E-state index is 11.3. The van der Waals surface area contributed by atoms with Crippen LogP contribution in [0.15, 0.2) is 6.20 Å². The van der Waals surface area contributed by atoms with Crippen molar-refractivity contribution in [3.63, 3.8) is 0 Å². The van der Waals surface area contributed by atoms with Gasteiger partial charge in [0.15, 0.2) is 0 Å². The number of aromatic nitrogens is 2. The van der Waals surface area contributed by atoms with Crippen LogP contribution in [0.5, 0.6) is 5.88 Å². The molecule has 1 aliphatic rings. The Labute approximate surface area is 69.3 Å². The molecule has 5 heteroatoms. The van der Waals surface area contributed by atoms with E-state index in [2.05, 4.69) is 10.4 Å². The van der Waals surface area contributed by atoms with Gasteiger partial charge in [-0.2, -0.15) is 5.10 Å². The van der Waals surface area contributed by atoms with Crippen LogP contribution in [0.3, 0.4) is 0 Å². The Morgan fingerprint density at radius 2 is 2.58 bits per heavy atom. The molecule has 1 aromatic heterocycles.